The van der Waals surface area contributed by atoms with Crippen LogP contribution in [0.2, 0.25) is 0 Å². The lowest BCUT2D eigenvalue weighted by molar-refractivity contribution is 0.0569. The quantitative estimate of drug-likeness (QED) is 0.789. The van der Waals surface area contributed by atoms with Crippen molar-refractivity contribution in [3.63, 3.8) is 0 Å². The Morgan fingerprint density at radius 1 is 1.23 bits per heavy atom. The van der Waals surface area contributed by atoms with Crippen LogP contribution in [0.5, 0.6) is 0 Å². The number of hydrogen-bond acceptors (Lipinski definition) is 4. The standard InChI is InChI=1S/C16H21NO3S2/c18-15(14-9-12-3-1-4-13(12)21-14)17-7-2-5-16(10-17)6-8-22(19,20)11-16/h9H,1-8,10-11H2. The van der Waals surface area contributed by atoms with E-state index in [0.717, 1.165) is 43.5 Å². The normalized spacial score (nSPS) is 29.9. The van der Waals surface area contributed by atoms with Gasteiger partial charge in [0.05, 0.1) is 16.4 Å². The maximum Gasteiger partial charge on any atom is 0.263 e. The van der Waals surface area contributed by atoms with Crippen LogP contribution in [0.3, 0.4) is 0 Å². The zero-order valence-electron chi connectivity index (χ0n) is 12.6. The van der Waals surface area contributed by atoms with E-state index in [4.69, 9.17) is 0 Å². The SMILES string of the molecule is O=C(c1cc2c(s1)CCC2)N1CCCC2(CCS(=O)(=O)C2)C1. The van der Waals surface area contributed by atoms with E-state index in [9.17, 15) is 13.2 Å². The first kappa shape index (κ1) is 14.7. The van der Waals surface area contributed by atoms with Crippen LogP contribution >= 0.6 is 11.3 Å². The molecule has 0 bridgehead atoms. The molecule has 0 radical (unpaired) electrons. The minimum absolute atomic E-state index is 0.114. The van der Waals surface area contributed by atoms with Gasteiger partial charge in [-0.2, -0.15) is 0 Å². The Balaban J connectivity index is 1.53. The molecule has 2 fully saturated rings. The summed E-state index contributed by atoms with van der Waals surface area (Å²) in [6.45, 7) is 1.39. The van der Waals surface area contributed by atoms with Crippen LogP contribution in [0, 0.1) is 5.41 Å². The van der Waals surface area contributed by atoms with Crippen molar-refractivity contribution in [1.82, 2.24) is 4.90 Å². The molecule has 4 nitrogen and oxygen atoms in total. The van der Waals surface area contributed by atoms with E-state index in [2.05, 4.69) is 6.07 Å². The van der Waals surface area contributed by atoms with Gasteiger partial charge in [-0.3, -0.25) is 4.79 Å². The summed E-state index contributed by atoms with van der Waals surface area (Å²) in [5.74, 6) is 0.676. The largest absolute Gasteiger partial charge is 0.337 e. The highest BCUT2D eigenvalue weighted by atomic mass is 32.2. The molecule has 4 rings (SSSR count). The average Bonchev–Trinajstić information content (AvgIpc) is 3.12. The first-order valence-electron chi connectivity index (χ1n) is 8.08. The van der Waals surface area contributed by atoms with Gasteiger partial charge in [0.15, 0.2) is 9.84 Å². The molecule has 1 aliphatic carbocycles. The molecule has 0 aromatic carbocycles. The highest BCUT2D eigenvalue weighted by Crippen LogP contribution is 2.41. The van der Waals surface area contributed by atoms with Crippen molar-refractivity contribution in [2.45, 2.75) is 38.5 Å². The molecule has 3 heterocycles. The molecule has 1 aromatic heterocycles. The van der Waals surface area contributed by atoms with Gasteiger partial charge < -0.3 is 4.90 Å². The summed E-state index contributed by atoms with van der Waals surface area (Å²) in [6.07, 6.45) is 6.00. The fraction of sp³-hybridized carbons (Fsp3) is 0.688. The Labute approximate surface area is 135 Å². The zero-order chi connectivity index (χ0) is 15.4. The maximum absolute atomic E-state index is 12.8. The van der Waals surface area contributed by atoms with Crippen LogP contribution in [-0.2, 0) is 22.7 Å². The number of amides is 1. The molecule has 1 unspecified atom stereocenters. The van der Waals surface area contributed by atoms with E-state index in [1.165, 1.54) is 16.9 Å². The molecule has 22 heavy (non-hydrogen) atoms. The third-order valence-electron chi connectivity index (χ3n) is 5.38. The van der Waals surface area contributed by atoms with E-state index in [-0.39, 0.29) is 17.1 Å². The Kier molecular flexibility index (Phi) is 3.38. The van der Waals surface area contributed by atoms with Crippen LogP contribution in [0.15, 0.2) is 6.07 Å². The van der Waals surface area contributed by atoms with E-state index in [1.54, 1.807) is 11.3 Å². The van der Waals surface area contributed by atoms with E-state index in [0.29, 0.717) is 12.3 Å². The van der Waals surface area contributed by atoms with Crippen molar-refractivity contribution in [3.05, 3.63) is 21.4 Å². The second kappa shape index (κ2) is 5.06. The molecule has 2 saturated heterocycles. The zero-order valence-corrected chi connectivity index (χ0v) is 14.3. The number of sulfone groups is 1. The first-order chi connectivity index (χ1) is 10.5. The van der Waals surface area contributed by atoms with Gasteiger partial charge in [0.1, 0.15) is 0 Å². The third-order valence-corrected chi connectivity index (χ3v) is 8.48. The monoisotopic (exact) mass is 339 g/mol. The summed E-state index contributed by atoms with van der Waals surface area (Å²) in [5.41, 5.74) is 1.18. The van der Waals surface area contributed by atoms with Crippen LogP contribution in [0.4, 0.5) is 0 Å². The molecular formula is C16H21NO3S2. The van der Waals surface area contributed by atoms with Crippen LogP contribution in [0.1, 0.15) is 45.8 Å². The summed E-state index contributed by atoms with van der Waals surface area (Å²) in [6, 6.07) is 2.07. The number of carbonyl (C=O) groups is 1. The second-order valence-electron chi connectivity index (χ2n) is 7.08. The van der Waals surface area contributed by atoms with Crippen molar-refractivity contribution in [2.24, 2.45) is 5.41 Å². The molecule has 1 aromatic rings. The van der Waals surface area contributed by atoms with Gasteiger partial charge in [-0.1, -0.05) is 0 Å². The summed E-state index contributed by atoms with van der Waals surface area (Å²) in [5, 5.41) is 0. The summed E-state index contributed by atoms with van der Waals surface area (Å²) < 4.78 is 23.7. The predicted octanol–water partition coefficient (Wildman–Crippen LogP) is 2.28. The van der Waals surface area contributed by atoms with E-state index >= 15 is 0 Å². The topological polar surface area (TPSA) is 54.5 Å². The number of hydrogen-bond donors (Lipinski definition) is 0. The van der Waals surface area contributed by atoms with E-state index in [1.807, 2.05) is 4.90 Å². The van der Waals surface area contributed by atoms with Crippen LogP contribution in [-0.4, -0.2) is 43.8 Å². The second-order valence-corrected chi connectivity index (χ2v) is 10.4. The number of carbonyl (C=O) groups excluding carboxylic acids is 1. The van der Waals surface area contributed by atoms with Crippen molar-refractivity contribution >= 4 is 27.1 Å². The van der Waals surface area contributed by atoms with Gasteiger partial charge in [0.25, 0.3) is 5.91 Å². The number of rotatable bonds is 1. The van der Waals surface area contributed by atoms with Crippen molar-refractivity contribution in [3.8, 4) is 0 Å². The predicted molar refractivity (Wildman–Crippen MR) is 87.2 cm³/mol. The summed E-state index contributed by atoms with van der Waals surface area (Å²) in [4.78, 5) is 16.9. The van der Waals surface area contributed by atoms with E-state index < -0.39 is 9.84 Å². The van der Waals surface area contributed by atoms with Crippen LogP contribution in [0.25, 0.3) is 0 Å². The molecule has 2 aliphatic heterocycles. The molecule has 3 aliphatic rings. The Bertz CT molecular complexity index is 700. The van der Waals surface area contributed by atoms with Gasteiger partial charge in [-0.15, -0.1) is 11.3 Å². The lowest BCUT2D eigenvalue weighted by Gasteiger charge is -2.39. The van der Waals surface area contributed by atoms with Crippen molar-refractivity contribution in [1.29, 1.82) is 0 Å². The Morgan fingerprint density at radius 3 is 2.82 bits per heavy atom. The highest BCUT2D eigenvalue weighted by Gasteiger charge is 2.45. The van der Waals surface area contributed by atoms with Gasteiger partial charge >= 0.3 is 0 Å². The van der Waals surface area contributed by atoms with Crippen LogP contribution < -0.4 is 0 Å². The molecule has 1 atom stereocenters. The highest BCUT2D eigenvalue weighted by molar-refractivity contribution is 7.91. The van der Waals surface area contributed by atoms with Gasteiger partial charge in [0, 0.05) is 23.4 Å². The number of nitrogens with zero attached hydrogens (tertiary/aromatic N) is 1. The van der Waals surface area contributed by atoms with Gasteiger partial charge in [0.2, 0.25) is 0 Å². The number of likely N-dealkylation sites (tertiary alicyclic amines) is 1. The van der Waals surface area contributed by atoms with Crippen molar-refractivity contribution in [2.75, 3.05) is 24.6 Å². The Hall–Kier alpha value is -0.880. The number of aryl methyl sites for hydroxylation is 2. The van der Waals surface area contributed by atoms with Crippen molar-refractivity contribution < 1.29 is 13.2 Å². The minimum atomic E-state index is -2.90. The minimum Gasteiger partial charge on any atom is -0.337 e. The Morgan fingerprint density at radius 2 is 2.09 bits per heavy atom. The fourth-order valence-electron chi connectivity index (χ4n) is 4.28. The molecule has 120 valence electrons. The lowest BCUT2D eigenvalue weighted by Crippen LogP contribution is -2.46. The van der Waals surface area contributed by atoms with Gasteiger partial charge in [-0.25, -0.2) is 8.42 Å². The number of thiophene rings is 1. The summed E-state index contributed by atoms with van der Waals surface area (Å²) >= 11 is 1.65. The fourth-order valence-corrected chi connectivity index (χ4v) is 7.70. The molecule has 1 spiro atoms. The lowest BCUT2D eigenvalue weighted by atomic mass is 9.79. The smallest absolute Gasteiger partial charge is 0.263 e. The van der Waals surface area contributed by atoms with Gasteiger partial charge in [-0.05, 0) is 50.2 Å². The molecule has 0 saturated carbocycles. The summed E-state index contributed by atoms with van der Waals surface area (Å²) in [7, 11) is -2.90. The molecular weight excluding hydrogens is 318 g/mol. The number of fused-ring (bicyclic) bond motifs is 1. The third kappa shape index (κ3) is 2.50. The molecule has 6 heteroatoms. The maximum atomic E-state index is 12.8. The average molecular weight is 339 g/mol. The first-order valence-corrected chi connectivity index (χ1v) is 10.7. The molecule has 0 N–H and O–H groups in total. The molecule has 1 amide bonds. The number of piperidine rings is 1.